The first-order chi connectivity index (χ1) is 10.3. The Hall–Kier alpha value is -1.31. The highest BCUT2D eigenvalue weighted by Crippen LogP contribution is 2.28. The summed E-state index contributed by atoms with van der Waals surface area (Å²) in [5.41, 5.74) is 14.4. The highest BCUT2D eigenvalue weighted by Gasteiger charge is 2.16. The van der Waals surface area contributed by atoms with Crippen LogP contribution in [0.5, 0.6) is 0 Å². The molecule has 9 heteroatoms. The number of hydrogen-bond acceptors (Lipinski definition) is 5. The number of nitrogens with two attached hydrogens (primary N) is 2. The molecule has 2 aromatic heterocycles. The number of benzene rings is 1. The van der Waals surface area contributed by atoms with E-state index >= 15 is 0 Å². The van der Waals surface area contributed by atoms with Crippen molar-refractivity contribution in [3.8, 4) is 0 Å². The van der Waals surface area contributed by atoms with Crippen LogP contribution < -0.4 is 11.5 Å². The monoisotopic (exact) mass is 393 g/mol. The van der Waals surface area contributed by atoms with Crippen molar-refractivity contribution in [1.29, 1.82) is 0 Å². The third-order valence-corrected chi connectivity index (χ3v) is 3.48. The van der Waals surface area contributed by atoms with Crippen molar-refractivity contribution >= 4 is 65.0 Å². The van der Waals surface area contributed by atoms with E-state index in [9.17, 15) is 0 Å². The minimum Gasteiger partial charge on any atom is -0.382 e. The van der Waals surface area contributed by atoms with Gasteiger partial charge in [0.2, 0.25) is 0 Å². The minimum absolute atomic E-state index is 0. The van der Waals surface area contributed by atoms with Crippen LogP contribution in [0, 0.1) is 0 Å². The number of pyridine rings is 1. The molecule has 0 bridgehead atoms. The van der Waals surface area contributed by atoms with Crippen LogP contribution in [-0.2, 0) is 17.9 Å². The molecule has 0 atom stereocenters. The molecule has 0 amide bonds. The third kappa shape index (κ3) is 4.02. The Labute approximate surface area is 159 Å². The first kappa shape index (κ1) is 22.7. The van der Waals surface area contributed by atoms with Gasteiger partial charge in [-0.3, -0.25) is 0 Å². The molecule has 0 aliphatic carbocycles. The summed E-state index contributed by atoms with van der Waals surface area (Å²) in [6.45, 7) is 4.24. The lowest BCUT2D eigenvalue weighted by Crippen LogP contribution is -2.13. The number of hydrogen-bond donors (Lipinski definition) is 2. The van der Waals surface area contributed by atoms with E-state index in [1.165, 1.54) is 0 Å². The summed E-state index contributed by atoms with van der Waals surface area (Å²) < 4.78 is 7.59. The fraction of sp³-hybridized carbons (Fsp3) is 0.333. The predicted molar refractivity (Wildman–Crippen MR) is 106 cm³/mol. The van der Waals surface area contributed by atoms with Crippen molar-refractivity contribution in [2.75, 3.05) is 18.9 Å². The molecule has 0 spiro atoms. The molecule has 1 aromatic carbocycles. The van der Waals surface area contributed by atoms with Crippen molar-refractivity contribution in [3.63, 3.8) is 0 Å². The van der Waals surface area contributed by atoms with Crippen LogP contribution >= 0.6 is 37.2 Å². The normalized spacial score (nSPS) is 10.1. The quantitative estimate of drug-likeness (QED) is 0.694. The number of rotatable bonds is 5. The van der Waals surface area contributed by atoms with Gasteiger partial charge in [0.25, 0.3) is 0 Å². The van der Waals surface area contributed by atoms with E-state index in [1.54, 1.807) is 0 Å². The van der Waals surface area contributed by atoms with Crippen LogP contribution in [0.4, 0.5) is 5.82 Å². The maximum absolute atomic E-state index is 6.07. The number of nitrogen functional groups attached to an aromatic ring is 1. The number of nitrogens with zero attached hydrogens (tertiary/aromatic N) is 3. The average Bonchev–Trinajstić information content (AvgIpc) is 2.85. The summed E-state index contributed by atoms with van der Waals surface area (Å²) in [4.78, 5) is 9.04. The molecule has 134 valence electrons. The van der Waals surface area contributed by atoms with E-state index in [-0.39, 0.29) is 37.2 Å². The maximum atomic E-state index is 6.07. The number of imidazole rings is 1. The highest BCUT2D eigenvalue weighted by molar-refractivity contribution is 6.06. The minimum atomic E-state index is 0. The van der Waals surface area contributed by atoms with Gasteiger partial charge in [0.1, 0.15) is 17.9 Å². The van der Waals surface area contributed by atoms with E-state index in [4.69, 9.17) is 16.2 Å². The molecule has 24 heavy (non-hydrogen) atoms. The summed E-state index contributed by atoms with van der Waals surface area (Å²) in [5.74, 6) is 1.28. The summed E-state index contributed by atoms with van der Waals surface area (Å²) >= 11 is 0. The van der Waals surface area contributed by atoms with Gasteiger partial charge >= 0.3 is 0 Å². The second-order valence-corrected chi connectivity index (χ2v) is 4.82. The number of halogens is 3. The smallest absolute Gasteiger partial charge is 0.152 e. The molecular formula is C15H22Cl3N5O. The van der Waals surface area contributed by atoms with Gasteiger partial charge in [-0.1, -0.05) is 18.2 Å². The van der Waals surface area contributed by atoms with Crippen molar-refractivity contribution in [2.24, 2.45) is 5.73 Å². The Morgan fingerprint density at radius 1 is 1.12 bits per heavy atom. The largest absolute Gasteiger partial charge is 0.382 e. The molecule has 6 nitrogen and oxygen atoms in total. The third-order valence-electron chi connectivity index (χ3n) is 3.48. The molecule has 0 radical (unpaired) electrons. The summed E-state index contributed by atoms with van der Waals surface area (Å²) in [6.07, 6.45) is 0. The lowest BCUT2D eigenvalue weighted by molar-refractivity contribution is 0.126. The van der Waals surface area contributed by atoms with Crippen LogP contribution in [0.2, 0.25) is 0 Å². The second-order valence-electron chi connectivity index (χ2n) is 4.82. The van der Waals surface area contributed by atoms with Gasteiger partial charge in [0.05, 0.1) is 11.0 Å². The summed E-state index contributed by atoms with van der Waals surface area (Å²) in [7, 11) is 0. The fourth-order valence-corrected chi connectivity index (χ4v) is 2.58. The number of para-hydroxylation sites is 1. The molecule has 3 rings (SSSR count). The van der Waals surface area contributed by atoms with E-state index in [1.807, 2.05) is 31.2 Å². The van der Waals surface area contributed by atoms with Gasteiger partial charge in [-0.2, -0.15) is 0 Å². The van der Waals surface area contributed by atoms with Crippen LogP contribution in [-0.4, -0.2) is 27.7 Å². The zero-order valence-electron chi connectivity index (χ0n) is 13.3. The molecule has 2 heterocycles. The second kappa shape index (κ2) is 9.86. The van der Waals surface area contributed by atoms with Crippen LogP contribution in [0.3, 0.4) is 0 Å². The maximum Gasteiger partial charge on any atom is 0.152 e. The predicted octanol–water partition coefficient (Wildman–Crippen LogP) is 2.93. The molecule has 0 aliphatic rings. The molecule has 0 saturated heterocycles. The molecule has 0 fully saturated rings. The van der Waals surface area contributed by atoms with E-state index in [0.717, 1.165) is 27.8 Å². The molecule has 4 N–H and O–H groups in total. The van der Waals surface area contributed by atoms with Crippen molar-refractivity contribution in [1.82, 2.24) is 14.5 Å². The first-order valence-electron chi connectivity index (χ1n) is 7.07. The van der Waals surface area contributed by atoms with Gasteiger partial charge in [-0.05, 0) is 13.0 Å². The first-order valence-corrected chi connectivity index (χ1v) is 7.07. The average molecular weight is 395 g/mol. The van der Waals surface area contributed by atoms with Crippen LogP contribution in [0.1, 0.15) is 12.7 Å². The van der Waals surface area contributed by atoms with Gasteiger partial charge in [0.15, 0.2) is 5.82 Å². The Morgan fingerprint density at radius 3 is 2.50 bits per heavy atom. The van der Waals surface area contributed by atoms with E-state index < -0.39 is 0 Å². The highest BCUT2D eigenvalue weighted by atomic mass is 35.5. The van der Waals surface area contributed by atoms with Crippen molar-refractivity contribution < 1.29 is 4.74 Å². The lowest BCUT2D eigenvalue weighted by atomic mass is 10.2. The van der Waals surface area contributed by atoms with E-state index in [2.05, 4.69) is 14.5 Å². The zero-order chi connectivity index (χ0) is 14.8. The summed E-state index contributed by atoms with van der Waals surface area (Å²) in [5, 5.41) is 1.03. The van der Waals surface area contributed by atoms with Gasteiger partial charge < -0.3 is 20.8 Å². The Morgan fingerprint density at radius 2 is 1.83 bits per heavy atom. The summed E-state index contributed by atoms with van der Waals surface area (Å²) in [6, 6.07) is 7.92. The Kier molecular flexibility index (Phi) is 9.32. The number of ether oxygens (including phenoxy) is 1. The topological polar surface area (TPSA) is 92.0 Å². The van der Waals surface area contributed by atoms with Gasteiger partial charge in [0, 0.05) is 25.1 Å². The van der Waals surface area contributed by atoms with Gasteiger partial charge in [-0.25, -0.2) is 9.97 Å². The molecule has 0 unspecified atom stereocenters. The van der Waals surface area contributed by atoms with Gasteiger partial charge in [-0.15, -0.1) is 37.2 Å². The zero-order valence-corrected chi connectivity index (χ0v) is 15.7. The van der Waals surface area contributed by atoms with Crippen molar-refractivity contribution in [2.45, 2.75) is 20.1 Å². The molecule has 0 saturated carbocycles. The Bertz CT molecular complexity index is 793. The molecule has 3 aromatic rings. The number of aromatic nitrogens is 3. The SMILES string of the molecule is CCOCc1nc2c(N)nc3ccccc3c2n1CCN.Cl.Cl.Cl. The number of fused-ring (bicyclic) bond motifs is 3. The lowest BCUT2D eigenvalue weighted by Gasteiger charge is -2.09. The van der Waals surface area contributed by atoms with Crippen LogP contribution in [0.25, 0.3) is 21.9 Å². The number of anilines is 1. The standard InChI is InChI=1S/C15H19N5O.3ClH/c1-2-21-9-12-19-13-14(20(12)8-7-16)10-5-3-4-6-11(10)18-15(13)17;;;/h3-6H,2,7-9,16H2,1H3,(H2,17,18);3*1H. The molecular weight excluding hydrogens is 373 g/mol. The van der Waals surface area contributed by atoms with Crippen molar-refractivity contribution in [3.05, 3.63) is 30.1 Å². The van der Waals surface area contributed by atoms with Crippen LogP contribution in [0.15, 0.2) is 24.3 Å². The molecule has 0 aliphatic heterocycles. The Balaban J connectivity index is 0.00000176. The fourth-order valence-electron chi connectivity index (χ4n) is 2.58. The van der Waals surface area contributed by atoms with E-state index in [0.29, 0.717) is 32.1 Å².